The molecular weight excluding hydrogens is 322 g/mol. The fraction of sp³-hybridized carbons (Fsp3) is 0.522. The van der Waals surface area contributed by atoms with Crippen molar-refractivity contribution in [3.63, 3.8) is 0 Å². The van der Waals surface area contributed by atoms with E-state index in [1.807, 2.05) is 30.3 Å². The standard InChI is InChI=1S/C23H33NO2/c1-2-3-4-5-6-7-8-9-10-13-18-24-23(26)22-20-15-12-11-14-19(20)16-17-21(22)25/h11-12,14-17,25H,2-10,13,18H2,1H3,(H,24,26). The van der Waals surface area contributed by atoms with Crippen molar-refractivity contribution in [1.29, 1.82) is 0 Å². The van der Waals surface area contributed by atoms with E-state index in [1.165, 1.54) is 51.4 Å². The predicted octanol–water partition coefficient (Wildman–Crippen LogP) is 6.20. The Hall–Kier alpha value is -2.03. The van der Waals surface area contributed by atoms with Crippen LogP contribution in [0.2, 0.25) is 0 Å². The molecule has 26 heavy (non-hydrogen) atoms. The van der Waals surface area contributed by atoms with Crippen molar-refractivity contribution in [2.24, 2.45) is 0 Å². The van der Waals surface area contributed by atoms with Gasteiger partial charge in [-0.05, 0) is 23.3 Å². The maximum absolute atomic E-state index is 12.5. The number of nitrogens with one attached hydrogen (secondary N) is 1. The van der Waals surface area contributed by atoms with E-state index < -0.39 is 0 Å². The molecule has 1 amide bonds. The van der Waals surface area contributed by atoms with Crippen LogP contribution >= 0.6 is 0 Å². The fourth-order valence-corrected chi connectivity index (χ4v) is 3.40. The van der Waals surface area contributed by atoms with Crippen molar-refractivity contribution < 1.29 is 9.90 Å². The third kappa shape index (κ3) is 6.36. The number of rotatable bonds is 12. The SMILES string of the molecule is CCCCCCCCCCCCNC(=O)c1c(O)ccc2ccccc12. The number of fused-ring (bicyclic) bond motifs is 1. The lowest BCUT2D eigenvalue weighted by molar-refractivity contribution is 0.0952. The van der Waals surface area contributed by atoms with Gasteiger partial charge < -0.3 is 10.4 Å². The smallest absolute Gasteiger partial charge is 0.255 e. The van der Waals surface area contributed by atoms with E-state index in [0.717, 1.165) is 23.6 Å². The summed E-state index contributed by atoms with van der Waals surface area (Å²) in [5, 5.41) is 14.8. The van der Waals surface area contributed by atoms with E-state index in [4.69, 9.17) is 0 Å². The average Bonchev–Trinajstić information content (AvgIpc) is 2.65. The maximum Gasteiger partial charge on any atom is 0.255 e. The number of carbonyl (C=O) groups is 1. The predicted molar refractivity (Wildman–Crippen MR) is 110 cm³/mol. The second-order valence-electron chi connectivity index (χ2n) is 7.12. The van der Waals surface area contributed by atoms with Crippen LogP contribution in [0.5, 0.6) is 5.75 Å². The first-order valence-corrected chi connectivity index (χ1v) is 10.2. The summed E-state index contributed by atoms with van der Waals surface area (Å²) in [6.07, 6.45) is 12.8. The van der Waals surface area contributed by atoms with Crippen LogP contribution in [0.15, 0.2) is 36.4 Å². The van der Waals surface area contributed by atoms with Gasteiger partial charge in [-0.25, -0.2) is 0 Å². The summed E-state index contributed by atoms with van der Waals surface area (Å²) in [5.41, 5.74) is 0.384. The Kier molecular flexibility index (Phi) is 9.02. The number of carbonyl (C=O) groups excluding carboxylic acids is 1. The van der Waals surface area contributed by atoms with E-state index in [0.29, 0.717) is 12.1 Å². The molecule has 3 heteroatoms. The maximum atomic E-state index is 12.5. The monoisotopic (exact) mass is 355 g/mol. The molecule has 0 unspecified atom stereocenters. The number of hydrogen-bond acceptors (Lipinski definition) is 2. The summed E-state index contributed by atoms with van der Waals surface area (Å²) in [7, 11) is 0. The summed E-state index contributed by atoms with van der Waals surface area (Å²) in [5.74, 6) is -0.139. The van der Waals surface area contributed by atoms with Gasteiger partial charge >= 0.3 is 0 Å². The third-order valence-electron chi connectivity index (χ3n) is 4.95. The first kappa shape index (κ1) is 20.3. The topological polar surface area (TPSA) is 49.3 Å². The zero-order valence-corrected chi connectivity index (χ0v) is 16.1. The van der Waals surface area contributed by atoms with Crippen LogP contribution in [-0.4, -0.2) is 17.6 Å². The van der Waals surface area contributed by atoms with Gasteiger partial charge in [-0.3, -0.25) is 4.79 Å². The Bertz CT molecular complexity index is 681. The van der Waals surface area contributed by atoms with Gasteiger partial charge in [0, 0.05) is 6.54 Å². The highest BCUT2D eigenvalue weighted by Crippen LogP contribution is 2.26. The lowest BCUT2D eigenvalue weighted by Gasteiger charge is -2.10. The highest BCUT2D eigenvalue weighted by Gasteiger charge is 2.14. The van der Waals surface area contributed by atoms with E-state index >= 15 is 0 Å². The van der Waals surface area contributed by atoms with Crippen molar-refractivity contribution in [2.75, 3.05) is 6.54 Å². The number of phenols is 1. The van der Waals surface area contributed by atoms with Crippen LogP contribution < -0.4 is 5.32 Å². The van der Waals surface area contributed by atoms with Crippen LogP contribution in [0.3, 0.4) is 0 Å². The minimum atomic E-state index is -0.185. The largest absolute Gasteiger partial charge is 0.507 e. The number of hydrogen-bond donors (Lipinski definition) is 2. The molecule has 0 aromatic heterocycles. The van der Waals surface area contributed by atoms with Gasteiger partial charge in [-0.15, -0.1) is 0 Å². The first-order chi connectivity index (χ1) is 12.7. The summed E-state index contributed by atoms with van der Waals surface area (Å²) in [4.78, 5) is 12.5. The molecule has 0 heterocycles. The van der Waals surface area contributed by atoms with Crippen molar-refractivity contribution in [3.8, 4) is 5.75 Å². The zero-order valence-electron chi connectivity index (χ0n) is 16.1. The number of unbranched alkanes of at least 4 members (excludes halogenated alkanes) is 9. The molecule has 0 saturated carbocycles. The molecule has 0 aliphatic rings. The van der Waals surface area contributed by atoms with E-state index in [2.05, 4.69) is 12.2 Å². The van der Waals surface area contributed by atoms with Gasteiger partial charge in [-0.2, -0.15) is 0 Å². The molecule has 0 aliphatic carbocycles. The molecule has 142 valence electrons. The summed E-state index contributed by atoms with van der Waals surface area (Å²) >= 11 is 0. The van der Waals surface area contributed by atoms with Crippen molar-refractivity contribution in [3.05, 3.63) is 42.0 Å². The summed E-state index contributed by atoms with van der Waals surface area (Å²) in [6, 6.07) is 11.1. The third-order valence-corrected chi connectivity index (χ3v) is 4.95. The normalized spacial score (nSPS) is 11.0. The molecule has 0 radical (unpaired) electrons. The minimum Gasteiger partial charge on any atom is -0.507 e. The van der Waals surface area contributed by atoms with Crippen molar-refractivity contribution in [2.45, 2.75) is 71.1 Å². The van der Waals surface area contributed by atoms with Crippen molar-refractivity contribution >= 4 is 16.7 Å². The second-order valence-corrected chi connectivity index (χ2v) is 7.12. The molecule has 2 aromatic rings. The molecule has 2 rings (SSSR count). The van der Waals surface area contributed by atoms with Crippen LogP contribution in [0.1, 0.15) is 81.5 Å². The molecule has 0 saturated heterocycles. The zero-order chi connectivity index (χ0) is 18.6. The fourth-order valence-electron chi connectivity index (χ4n) is 3.40. The van der Waals surface area contributed by atoms with E-state index in [-0.39, 0.29) is 11.7 Å². The Morgan fingerprint density at radius 2 is 1.46 bits per heavy atom. The van der Waals surface area contributed by atoms with Gasteiger partial charge in [0.1, 0.15) is 5.75 Å². The minimum absolute atomic E-state index is 0.0456. The van der Waals surface area contributed by atoms with Crippen LogP contribution in [-0.2, 0) is 0 Å². The summed E-state index contributed by atoms with van der Waals surface area (Å²) < 4.78 is 0. The number of amides is 1. The Labute approximate surface area is 157 Å². The lowest BCUT2D eigenvalue weighted by atomic mass is 10.0. The summed E-state index contributed by atoms with van der Waals surface area (Å²) in [6.45, 7) is 2.92. The first-order valence-electron chi connectivity index (χ1n) is 10.2. The highest BCUT2D eigenvalue weighted by atomic mass is 16.3. The molecule has 0 bridgehead atoms. The number of benzene rings is 2. The molecule has 0 fully saturated rings. The van der Waals surface area contributed by atoms with Gasteiger partial charge in [0.2, 0.25) is 0 Å². The number of phenolic OH excluding ortho intramolecular Hbond substituents is 1. The number of aromatic hydroxyl groups is 1. The van der Waals surface area contributed by atoms with Gasteiger partial charge in [-0.1, -0.05) is 95.0 Å². The highest BCUT2D eigenvalue weighted by molar-refractivity contribution is 6.09. The molecule has 3 nitrogen and oxygen atoms in total. The molecular formula is C23H33NO2. The van der Waals surface area contributed by atoms with Crippen LogP contribution in [0, 0.1) is 0 Å². The van der Waals surface area contributed by atoms with E-state index in [1.54, 1.807) is 6.07 Å². The second kappa shape index (κ2) is 11.6. The Morgan fingerprint density at radius 1 is 0.846 bits per heavy atom. The average molecular weight is 356 g/mol. The lowest BCUT2D eigenvalue weighted by Crippen LogP contribution is -2.24. The molecule has 0 spiro atoms. The molecule has 0 atom stereocenters. The Morgan fingerprint density at radius 3 is 2.15 bits per heavy atom. The van der Waals surface area contributed by atoms with E-state index in [9.17, 15) is 9.90 Å². The van der Waals surface area contributed by atoms with Crippen molar-refractivity contribution in [1.82, 2.24) is 5.32 Å². The molecule has 0 aliphatic heterocycles. The molecule has 2 aromatic carbocycles. The van der Waals surface area contributed by atoms with Gasteiger partial charge in [0.25, 0.3) is 5.91 Å². The quantitative estimate of drug-likeness (QED) is 0.446. The Balaban J connectivity index is 1.65. The molecule has 2 N–H and O–H groups in total. The van der Waals surface area contributed by atoms with Crippen LogP contribution in [0.25, 0.3) is 10.8 Å². The van der Waals surface area contributed by atoms with Crippen LogP contribution in [0.4, 0.5) is 0 Å². The van der Waals surface area contributed by atoms with Gasteiger partial charge in [0.15, 0.2) is 0 Å². The van der Waals surface area contributed by atoms with Gasteiger partial charge in [0.05, 0.1) is 5.56 Å².